The van der Waals surface area contributed by atoms with Crippen LogP contribution in [0.5, 0.6) is 0 Å². The first-order valence-corrected chi connectivity index (χ1v) is 5.91. The van der Waals surface area contributed by atoms with E-state index in [0.29, 0.717) is 23.2 Å². The average molecular weight is 231 g/mol. The molecule has 2 unspecified atom stereocenters. The lowest BCUT2D eigenvalue weighted by atomic mass is 10.0. The van der Waals surface area contributed by atoms with Gasteiger partial charge >= 0.3 is 0 Å². The number of aliphatic hydroxyl groups is 1. The molecule has 4 N–H and O–H groups in total. The number of hydrogen-bond donors (Lipinski definition) is 3. The predicted octanol–water partition coefficient (Wildman–Crippen LogP) is 1.71. The second kappa shape index (κ2) is 5.07. The highest BCUT2D eigenvalue weighted by Crippen LogP contribution is 2.28. The molecular weight excluding hydrogens is 214 g/mol. The molecule has 2 rings (SSSR count). The van der Waals surface area contributed by atoms with Crippen LogP contribution in [0.2, 0.25) is 0 Å². The lowest BCUT2D eigenvalue weighted by molar-refractivity contribution is 0.222. The molecule has 1 aromatic carbocycles. The molecule has 0 aromatic heterocycles. The first-order chi connectivity index (χ1) is 8.24. The van der Waals surface area contributed by atoms with Crippen molar-refractivity contribution >= 4 is 11.4 Å². The van der Waals surface area contributed by atoms with Gasteiger partial charge in [0.25, 0.3) is 0 Å². The summed E-state index contributed by atoms with van der Waals surface area (Å²) in [6, 6.07) is 7.76. The minimum absolute atomic E-state index is 0.220. The molecule has 4 nitrogen and oxygen atoms in total. The fourth-order valence-electron chi connectivity index (χ4n) is 2.40. The maximum atomic E-state index is 9.25. The van der Waals surface area contributed by atoms with E-state index >= 15 is 0 Å². The van der Waals surface area contributed by atoms with Crippen molar-refractivity contribution in [1.82, 2.24) is 0 Å². The van der Waals surface area contributed by atoms with Crippen molar-refractivity contribution in [1.29, 1.82) is 5.26 Å². The Labute approximate surface area is 101 Å². The Hall–Kier alpha value is -1.73. The van der Waals surface area contributed by atoms with Crippen molar-refractivity contribution in [3.63, 3.8) is 0 Å². The smallest absolute Gasteiger partial charge is 0.101 e. The molecule has 1 saturated carbocycles. The zero-order chi connectivity index (χ0) is 12.3. The van der Waals surface area contributed by atoms with Gasteiger partial charge in [0.1, 0.15) is 6.07 Å². The third-order valence-electron chi connectivity index (χ3n) is 3.42. The zero-order valence-electron chi connectivity index (χ0n) is 9.69. The maximum absolute atomic E-state index is 9.25. The van der Waals surface area contributed by atoms with Crippen molar-refractivity contribution in [2.45, 2.75) is 25.3 Å². The molecule has 0 saturated heterocycles. The molecule has 4 heteroatoms. The molecule has 1 aliphatic rings. The third-order valence-corrected chi connectivity index (χ3v) is 3.42. The van der Waals surface area contributed by atoms with Crippen LogP contribution in [0.3, 0.4) is 0 Å². The molecule has 1 fully saturated rings. The van der Waals surface area contributed by atoms with Crippen LogP contribution in [0.1, 0.15) is 24.8 Å². The summed E-state index contributed by atoms with van der Waals surface area (Å²) in [6.07, 6.45) is 3.27. The Kier molecular flexibility index (Phi) is 3.50. The highest BCUT2D eigenvalue weighted by Gasteiger charge is 2.26. The van der Waals surface area contributed by atoms with Crippen LogP contribution >= 0.6 is 0 Å². The summed E-state index contributed by atoms with van der Waals surface area (Å²) in [5, 5.41) is 21.5. The molecule has 0 aliphatic heterocycles. The van der Waals surface area contributed by atoms with Gasteiger partial charge in [0.15, 0.2) is 0 Å². The quantitative estimate of drug-likeness (QED) is 0.692. The lowest BCUT2D eigenvalue weighted by Crippen LogP contribution is -2.26. The van der Waals surface area contributed by atoms with Crippen molar-refractivity contribution < 1.29 is 5.11 Å². The van der Waals surface area contributed by atoms with Gasteiger partial charge in [0, 0.05) is 29.9 Å². The maximum Gasteiger partial charge on any atom is 0.101 e. The molecule has 1 aliphatic carbocycles. The second-order valence-electron chi connectivity index (χ2n) is 4.54. The van der Waals surface area contributed by atoms with Crippen LogP contribution < -0.4 is 11.1 Å². The van der Waals surface area contributed by atoms with E-state index in [1.54, 1.807) is 12.1 Å². The SMILES string of the molecule is N#Cc1cc(NC2CCCC2CO)ccc1N. The fraction of sp³-hybridized carbons (Fsp3) is 0.462. The molecule has 0 spiro atoms. The standard InChI is InChI=1S/C13H17N3O/c14-7-10-6-11(4-5-12(10)15)16-13-3-1-2-9(13)8-17/h4-6,9,13,16-17H,1-3,8,15H2. The topological polar surface area (TPSA) is 82.1 Å². The van der Waals surface area contributed by atoms with Gasteiger partial charge in [-0.15, -0.1) is 0 Å². The Morgan fingerprint density at radius 3 is 3.00 bits per heavy atom. The van der Waals surface area contributed by atoms with Crippen LogP contribution in [-0.2, 0) is 0 Å². The first-order valence-electron chi connectivity index (χ1n) is 5.91. The van der Waals surface area contributed by atoms with Gasteiger partial charge in [-0.25, -0.2) is 0 Å². The summed E-state index contributed by atoms with van der Waals surface area (Å²) in [7, 11) is 0. The Balaban J connectivity index is 2.11. The van der Waals surface area contributed by atoms with E-state index in [-0.39, 0.29) is 6.61 Å². The van der Waals surface area contributed by atoms with E-state index in [0.717, 1.165) is 24.9 Å². The summed E-state index contributed by atoms with van der Waals surface area (Å²) in [5.41, 5.74) is 7.57. The summed E-state index contributed by atoms with van der Waals surface area (Å²) in [6.45, 7) is 0.220. The molecule has 0 heterocycles. The Morgan fingerprint density at radius 2 is 2.29 bits per heavy atom. The number of hydrogen-bond acceptors (Lipinski definition) is 4. The molecule has 90 valence electrons. The van der Waals surface area contributed by atoms with Crippen LogP contribution in [0, 0.1) is 17.2 Å². The van der Waals surface area contributed by atoms with Gasteiger partial charge < -0.3 is 16.2 Å². The zero-order valence-corrected chi connectivity index (χ0v) is 9.69. The number of benzene rings is 1. The monoisotopic (exact) mass is 231 g/mol. The molecule has 0 radical (unpaired) electrons. The number of nitriles is 1. The van der Waals surface area contributed by atoms with Crippen molar-refractivity contribution in [2.75, 3.05) is 17.7 Å². The number of anilines is 2. The van der Waals surface area contributed by atoms with Gasteiger partial charge in [0.05, 0.1) is 5.56 Å². The number of rotatable bonds is 3. The summed E-state index contributed by atoms with van der Waals surface area (Å²) in [5.74, 6) is 0.318. The van der Waals surface area contributed by atoms with E-state index in [1.807, 2.05) is 6.07 Å². The molecule has 17 heavy (non-hydrogen) atoms. The number of aliphatic hydroxyl groups excluding tert-OH is 1. The number of nitrogens with one attached hydrogen (secondary N) is 1. The van der Waals surface area contributed by atoms with Crippen LogP contribution in [-0.4, -0.2) is 17.8 Å². The minimum Gasteiger partial charge on any atom is -0.398 e. The lowest BCUT2D eigenvalue weighted by Gasteiger charge is -2.20. The predicted molar refractivity (Wildman–Crippen MR) is 67.4 cm³/mol. The highest BCUT2D eigenvalue weighted by molar-refractivity contribution is 5.62. The van der Waals surface area contributed by atoms with Gasteiger partial charge in [-0.1, -0.05) is 6.42 Å². The normalized spacial score (nSPS) is 23.3. The molecular formula is C13H17N3O. The molecule has 0 amide bonds. The van der Waals surface area contributed by atoms with Crippen LogP contribution in [0.4, 0.5) is 11.4 Å². The number of nitrogens with two attached hydrogens (primary N) is 1. The van der Waals surface area contributed by atoms with Gasteiger partial charge in [-0.3, -0.25) is 0 Å². The molecule has 1 aromatic rings. The largest absolute Gasteiger partial charge is 0.398 e. The Morgan fingerprint density at radius 1 is 1.47 bits per heavy atom. The minimum atomic E-state index is 0.220. The number of nitrogen functional groups attached to an aromatic ring is 1. The van der Waals surface area contributed by atoms with Crippen LogP contribution in [0.15, 0.2) is 18.2 Å². The average Bonchev–Trinajstić information content (AvgIpc) is 2.79. The third kappa shape index (κ3) is 2.51. The molecule has 2 atom stereocenters. The van der Waals surface area contributed by atoms with Crippen molar-refractivity contribution in [3.8, 4) is 6.07 Å². The highest BCUT2D eigenvalue weighted by atomic mass is 16.3. The number of nitrogens with zero attached hydrogens (tertiary/aromatic N) is 1. The van der Waals surface area contributed by atoms with E-state index in [2.05, 4.69) is 11.4 Å². The van der Waals surface area contributed by atoms with Gasteiger partial charge in [0.2, 0.25) is 0 Å². The van der Waals surface area contributed by atoms with E-state index in [1.165, 1.54) is 0 Å². The molecule has 0 bridgehead atoms. The van der Waals surface area contributed by atoms with Crippen molar-refractivity contribution in [2.24, 2.45) is 5.92 Å². The first kappa shape index (κ1) is 11.7. The van der Waals surface area contributed by atoms with E-state index < -0.39 is 0 Å². The van der Waals surface area contributed by atoms with Gasteiger partial charge in [-0.2, -0.15) is 5.26 Å². The van der Waals surface area contributed by atoms with Gasteiger partial charge in [-0.05, 0) is 31.0 Å². The summed E-state index contributed by atoms with van der Waals surface area (Å²) < 4.78 is 0. The summed E-state index contributed by atoms with van der Waals surface area (Å²) >= 11 is 0. The Bertz CT molecular complexity index is 439. The van der Waals surface area contributed by atoms with E-state index in [9.17, 15) is 5.11 Å². The van der Waals surface area contributed by atoms with E-state index in [4.69, 9.17) is 11.0 Å². The second-order valence-corrected chi connectivity index (χ2v) is 4.54. The van der Waals surface area contributed by atoms with Crippen molar-refractivity contribution in [3.05, 3.63) is 23.8 Å². The fourth-order valence-corrected chi connectivity index (χ4v) is 2.40. The summed E-state index contributed by atoms with van der Waals surface area (Å²) in [4.78, 5) is 0. The van der Waals surface area contributed by atoms with Crippen LogP contribution in [0.25, 0.3) is 0 Å².